The van der Waals surface area contributed by atoms with E-state index in [2.05, 4.69) is 44.4 Å². The van der Waals surface area contributed by atoms with Crippen LogP contribution in [-0.2, 0) is 11.3 Å². The topological polar surface area (TPSA) is 87.1 Å². The molecule has 5 heterocycles. The first-order chi connectivity index (χ1) is 15.9. The molecule has 2 N–H and O–H groups in total. The van der Waals surface area contributed by atoms with Crippen molar-refractivity contribution >= 4 is 27.9 Å². The molecule has 6 rings (SSSR count). The molecule has 0 amide bonds. The van der Waals surface area contributed by atoms with Gasteiger partial charge in [-0.3, -0.25) is 4.90 Å². The highest BCUT2D eigenvalue weighted by atomic mass is 16.5. The first-order valence-electron chi connectivity index (χ1n) is 11.4. The van der Waals surface area contributed by atoms with Crippen LogP contribution in [0.5, 0.6) is 0 Å². The number of anilines is 1. The highest BCUT2D eigenvalue weighted by Crippen LogP contribution is 2.33. The zero-order chi connectivity index (χ0) is 21.3. The Labute approximate surface area is 186 Å². The van der Waals surface area contributed by atoms with Gasteiger partial charge in [0.25, 0.3) is 0 Å². The summed E-state index contributed by atoms with van der Waals surface area (Å²) in [7, 11) is 0. The quantitative estimate of drug-likeness (QED) is 0.497. The van der Waals surface area contributed by atoms with Crippen molar-refractivity contribution in [2.45, 2.75) is 6.54 Å². The molecule has 166 valence electrons. The van der Waals surface area contributed by atoms with Crippen LogP contribution in [0.4, 0.5) is 5.95 Å². The van der Waals surface area contributed by atoms with Crippen molar-refractivity contribution in [1.29, 1.82) is 0 Å². The van der Waals surface area contributed by atoms with Gasteiger partial charge >= 0.3 is 0 Å². The van der Waals surface area contributed by atoms with E-state index in [0.29, 0.717) is 13.2 Å². The standard InChI is InChI=1S/C23H28N8O/c1-2-18(17-4-5-25-20(17)3-1)21-19-16-26-31(11-10-29-8-6-24-7-9-29)22(19)28-23(27-21)30-12-14-32-15-13-30/h1-5,16,24-25H,6-15H2. The molecule has 9 heteroatoms. The predicted molar refractivity (Wildman–Crippen MR) is 125 cm³/mol. The Morgan fingerprint density at radius 3 is 2.69 bits per heavy atom. The predicted octanol–water partition coefficient (Wildman–Crippen LogP) is 1.72. The number of H-pyrrole nitrogens is 1. The molecular formula is C23H28N8O. The largest absolute Gasteiger partial charge is 0.378 e. The number of hydrogen-bond acceptors (Lipinski definition) is 7. The summed E-state index contributed by atoms with van der Waals surface area (Å²) in [4.78, 5) is 18.1. The van der Waals surface area contributed by atoms with Crippen LogP contribution in [0.25, 0.3) is 33.2 Å². The molecule has 0 atom stereocenters. The smallest absolute Gasteiger partial charge is 0.228 e. The van der Waals surface area contributed by atoms with Crippen LogP contribution in [-0.4, -0.2) is 88.7 Å². The molecule has 3 aromatic heterocycles. The van der Waals surface area contributed by atoms with Crippen molar-refractivity contribution < 1.29 is 4.74 Å². The van der Waals surface area contributed by atoms with Crippen LogP contribution in [0.1, 0.15) is 0 Å². The van der Waals surface area contributed by atoms with Crippen LogP contribution >= 0.6 is 0 Å². The molecule has 2 aliphatic heterocycles. The number of nitrogens with zero attached hydrogens (tertiary/aromatic N) is 6. The fourth-order valence-electron chi connectivity index (χ4n) is 4.68. The summed E-state index contributed by atoms with van der Waals surface area (Å²) in [5, 5.41) is 10.3. The van der Waals surface area contributed by atoms with Gasteiger partial charge in [0.15, 0.2) is 5.65 Å². The van der Waals surface area contributed by atoms with Gasteiger partial charge in [-0.05, 0) is 12.1 Å². The van der Waals surface area contributed by atoms with E-state index in [4.69, 9.17) is 19.8 Å². The zero-order valence-corrected chi connectivity index (χ0v) is 18.1. The second kappa shape index (κ2) is 8.50. The van der Waals surface area contributed by atoms with Crippen LogP contribution in [0.3, 0.4) is 0 Å². The molecule has 2 aliphatic rings. The fraction of sp³-hybridized carbons (Fsp3) is 0.435. The maximum absolute atomic E-state index is 5.56. The number of fused-ring (bicyclic) bond motifs is 2. The third-order valence-corrected chi connectivity index (χ3v) is 6.47. The molecule has 2 saturated heterocycles. The molecule has 0 radical (unpaired) electrons. The number of aromatic nitrogens is 5. The van der Waals surface area contributed by atoms with E-state index in [1.54, 1.807) is 0 Å². The van der Waals surface area contributed by atoms with Gasteiger partial charge in [0.2, 0.25) is 5.95 Å². The molecule has 0 spiro atoms. The molecule has 0 aliphatic carbocycles. The maximum atomic E-state index is 5.56. The Morgan fingerprint density at radius 2 is 1.81 bits per heavy atom. The normalized spacial score (nSPS) is 18.1. The lowest BCUT2D eigenvalue weighted by Crippen LogP contribution is -2.44. The molecular weight excluding hydrogens is 404 g/mol. The van der Waals surface area contributed by atoms with Gasteiger partial charge in [0.05, 0.1) is 37.0 Å². The Kier molecular flexibility index (Phi) is 5.22. The minimum absolute atomic E-state index is 0.701. The average molecular weight is 433 g/mol. The van der Waals surface area contributed by atoms with Crippen LogP contribution in [0.2, 0.25) is 0 Å². The van der Waals surface area contributed by atoms with E-state index in [1.165, 1.54) is 0 Å². The van der Waals surface area contributed by atoms with Crippen LogP contribution < -0.4 is 10.2 Å². The van der Waals surface area contributed by atoms with Gasteiger partial charge < -0.3 is 19.9 Å². The third-order valence-electron chi connectivity index (χ3n) is 6.47. The first kappa shape index (κ1) is 19.7. The van der Waals surface area contributed by atoms with Gasteiger partial charge in [0, 0.05) is 68.5 Å². The second-order valence-electron chi connectivity index (χ2n) is 8.41. The summed E-state index contributed by atoms with van der Waals surface area (Å²) in [5.74, 6) is 0.757. The summed E-state index contributed by atoms with van der Waals surface area (Å²) in [5.41, 5.74) is 4.05. The molecule has 1 aromatic carbocycles. The van der Waals surface area contributed by atoms with Gasteiger partial charge in [-0.25, -0.2) is 9.67 Å². The summed E-state index contributed by atoms with van der Waals surface area (Å²) >= 11 is 0. The third kappa shape index (κ3) is 3.62. The number of hydrogen-bond donors (Lipinski definition) is 2. The molecule has 2 fully saturated rings. The van der Waals surface area contributed by atoms with E-state index >= 15 is 0 Å². The molecule has 0 saturated carbocycles. The van der Waals surface area contributed by atoms with Crippen molar-refractivity contribution in [2.75, 3.05) is 63.9 Å². The first-order valence-corrected chi connectivity index (χ1v) is 11.4. The molecule has 9 nitrogen and oxygen atoms in total. The lowest BCUT2D eigenvalue weighted by atomic mass is 10.0. The number of rotatable bonds is 5. The summed E-state index contributed by atoms with van der Waals surface area (Å²) in [6.45, 7) is 9.04. The van der Waals surface area contributed by atoms with Crippen LogP contribution in [0.15, 0.2) is 36.7 Å². The molecule has 0 unspecified atom stereocenters. The monoisotopic (exact) mass is 432 g/mol. The van der Waals surface area contributed by atoms with E-state index in [9.17, 15) is 0 Å². The SMILES string of the molecule is c1cc(-c2nc(N3CCOCC3)nc3c2cnn3CCN2CCNCC2)c2cc[nH]c2c1. The molecule has 4 aromatic rings. The lowest BCUT2D eigenvalue weighted by molar-refractivity contribution is 0.122. The summed E-state index contributed by atoms with van der Waals surface area (Å²) < 4.78 is 7.60. The van der Waals surface area contributed by atoms with E-state index in [0.717, 1.165) is 91.5 Å². The fourth-order valence-corrected chi connectivity index (χ4v) is 4.68. The molecule has 32 heavy (non-hydrogen) atoms. The Bertz CT molecular complexity index is 1220. The Balaban J connectivity index is 1.44. The van der Waals surface area contributed by atoms with Gasteiger partial charge in [-0.15, -0.1) is 0 Å². The Hall–Kier alpha value is -3.01. The maximum Gasteiger partial charge on any atom is 0.228 e. The van der Waals surface area contributed by atoms with Gasteiger partial charge in [-0.1, -0.05) is 12.1 Å². The minimum atomic E-state index is 0.701. The van der Waals surface area contributed by atoms with Gasteiger partial charge in [0.1, 0.15) is 0 Å². The number of aromatic amines is 1. The minimum Gasteiger partial charge on any atom is -0.378 e. The molecule has 0 bridgehead atoms. The Morgan fingerprint density at radius 1 is 0.938 bits per heavy atom. The second-order valence-corrected chi connectivity index (χ2v) is 8.41. The van der Waals surface area contributed by atoms with Gasteiger partial charge in [-0.2, -0.15) is 10.1 Å². The summed E-state index contributed by atoms with van der Waals surface area (Å²) in [6.07, 6.45) is 3.91. The summed E-state index contributed by atoms with van der Waals surface area (Å²) in [6, 6.07) is 8.42. The van der Waals surface area contributed by atoms with Crippen molar-refractivity contribution in [3.8, 4) is 11.3 Å². The highest BCUT2D eigenvalue weighted by Gasteiger charge is 2.21. The highest BCUT2D eigenvalue weighted by molar-refractivity contribution is 6.01. The van der Waals surface area contributed by atoms with Crippen molar-refractivity contribution in [2.24, 2.45) is 0 Å². The number of piperazine rings is 1. The van der Waals surface area contributed by atoms with Crippen molar-refractivity contribution in [3.63, 3.8) is 0 Å². The van der Waals surface area contributed by atoms with E-state index < -0.39 is 0 Å². The van der Waals surface area contributed by atoms with E-state index in [-0.39, 0.29) is 0 Å². The lowest BCUT2D eigenvalue weighted by Gasteiger charge is -2.28. The number of ether oxygens (including phenoxy) is 1. The number of benzene rings is 1. The van der Waals surface area contributed by atoms with Crippen molar-refractivity contribution in [1.82, 2.24) is 34.9 Å². The number of nitrogens with one attached hydrogen (secondary N) is 2. The van der Waals surface area contributed by atoms with Crippen LogP contribution in [0, 0.1) is 0 Å². The van der Waals surface area contributed by atoms with E-state index in [1.807, 2.05) is 17.1 Å². The zero-order valence-electron chi connectivity index (χ0n) is 18.1. The van der Waals surface area contributed by atoms with Crippen molar-refractivity contribution in [3.05, 3.63) is 36.7 Å². The number of morpholine rings is 1. The average Bonchev–Trinajstić information content (AvgIpc) is 3.50.